The Balaban J connectivity index is 2.06. The number of hydrogen-bond donors (Lipinski definition) is 1. The zero-order valence-electron chi connectivity index (χ0n) is 11.2. The van der Waals surface area contributed by atoms with Crippen molar-refractivity contribution in [1.29, 1.82) is 0 Å². The average Bonchev–Trinajstić information content (AvgIpc) is 2.88. The summed E-state index contributed by atoms with van der Waals surface area (Å²) in [6.07, 6.45) is 2.11. The van der Waals surface area contributed by atoms with Gasteiger partial charge < -0.3 is 14.8 Å². The van der Waals surface area contributed by atoms with Crippen molar-refractivity contribution >= 4 is 17.5 Å². The van der Waals surface area contributed by atoms with E-state index in [1.54, 1.807) is 12.1 Å². The Hall–Kier alpha value is -1.42. The SMILES string of the molecule is CCC(CC)CNC(=O)c1cc(Cl)c2c(c1)OCO2. The number of fused-ring (bicyclic) bond motifs is 1. The molecule has 0 saturated heterocycles. The van der Waals surface area contributed by atoms with E-state index in [-0.39, 0.29) is 12.7 Å². The van der Waals surface area contributed by atoms with Crippen LogP contribution in [0.15, 0.2) is 12.1 Å². The van der Waals surface area contributed by atoms with Crippen LogP contribution in [0.4, 0.5) is 0 Å². The van der Waals surface area contributed by atoms with Gasteiger partial charge in [-0.15, -0.1) is 0 Å². The number of benzene rings is 1. The van der Waals surface area contributed by atoms with E-state index in [0.29, 0.717) is 34.5 Å². The molecule has 19 heavy (non-hydrogen) atoms. The molecule has 0 spiro atoms. The van der Waals surface area contributed by atoms with Crippen LogP contribution in [0.5, 0.6) is 11.5 Å². The number of rotatable bonds is 5. The predicted molar refractivity (Wildman–Crippen MR) is 74.0 cm³/mol. The van der Waals surface area contributed by atoms with Crippen LogP contribution in [0.1, 0.15) is 37.0 Å². The molecule has 0 aliphatic carbocycles. The summed E-state index contributed by atoms with van der Waals surface area (Å²) in [5, 5.41) is 3.33. The first-order chi connectivity index (χ1) is 9.15. The third-order valence-corrected chi connectivity index (χ3v) is 3.68. The summed E-state index contributed by atoms with van der Waals surface area (Å²) in [6.45, 7) is 5.07. The third kappa shape index (κ3) is 3.13. The highest BCUT2D eigenvalue weighted by atomic mass is 35.5. The Morgan fingerprint density at radius 2 is 2.11 bits per heavy atom. The van der Waals surface area contributed by atoms with Gasteiger partial charge in [0, 0.05) is 12.1 Å². The normalized spacial score (nSPS) is 12.8. The van der Waals surface area contributed by atoms with Crippen molar-refractivity contribution in [3.05, 3.63) is 22.7 Å². The molecule has 1 N–H and O–H groups in total. The minimum absolute atomic E-state index is 0.132. The lowest BCUT2D eigenvalue weighted by molar-refractivity contribution is 0.0946. The van der Waals surface area contributed by atoms with Gasteiger partial charge in [0.2, 0.25) is 6.79 Å². The zero-order valence-corrected chi connectivity index (χ0v) is 11.9. The smallest absolute Gasteiger partial charge is 0.251 e. The summed E-state index contributed by atoms with van der Waals surface area (Å²) in [5.74, 6) is 1.42. The molecule has 1 heterocycles. The summed E-state index contributed by atoms with van der Waals surface area (Å²) in [4.78, 5) is 12.1. The number of ether oxygens (including phenoxy) is 2. The van der Waals surface area contributed by atoms with Crippen LogP contribution in [0.25, 0.3) is 0 Å². The minimum atomic E-state index is -0.132. The summed E-state index contributed by atoms with van der Waals surface area (Å²) in [5.41, 5.74) is 0.500. The Bertz CT molecular complexity index is 472. The van der Waals surface area contributed by atoms with E-state index in [1.807, 2.05) is 0 Å². The van der Waals surface area contributed by atoms with Crippen molar-refractivity contribution in [3.8, 4) is 11.5 Å². The van der Waals surface area contributed by atoms with Gasteiger partial charge >= 0.3 is 0 Å². The van der Waals surface area contributed by atoms with E-state index in [1.165, 1.54) is 0 Å². The second-order valence-electron chi connectivity index (χ2n) is 4.58. The number of hydrogen-bond acceptors (Lipinski definition) is 3. The first kappa shape index (κ1) is 14.0. The Morgan fingerprint density at radius 1 is 1.37 bits per heavy atom. The minimum Gasteiger partial charge on any atom is -0.454 e. The highest BCUT2D eigenvalue weighted by Crippen LogP contribution is 2.39. The second kappa shape index (κ2) is 6.15. The fourth-order valence-electron chi connectivity index (χ4n) is 2.01. The number of halogens is 1. The molecule has 0 radical (unpaired) electrons. The van der Waals surface area contributed by atoms with Gasteiger partial charge in [0.15, 0.2) is 11.5 Å². The summed E-state index contributed by atoms with van der Waals surface area (Å²) in [7, 11) is 0. The van der Waals surface area contributed by atoms with Gasteiger partial charge in [-0.2, -0.15) is 0 Å². The molecule has 0 unspecified atom stereocenters. The number of carbonyl (C=O) groups is 1. The van der Waals surface area contributed by atoms with Crippen LogP contribution in [-0.2, 0) is 0 Å². The van der Waals surface area contributed by atoms with Gasteiger partial charge in [-0.3, -0.25) is 4.79 Å². The standard InChI is InChI=1S/C14H18ClNO3/c1-3-9(4-2)7-16-14(17)10-5-11(15)13-12(6-10)18-8-19-13/h5-6,9H,3-4,7-8H2,1-2H3,(H,16,17). The number of nitrogens with one attached hydrogen (secondary N) is 1. The largest absolute Gasteiger partial charge is 0.454 e. The molecule has 0 atom stereocenters. The summed E-state index contributed by atoms with van der Waals surface area (Å²) >= 11 is 6.05. The maximum Gasteiger partial charge on any atom is 0.251 e. The van der Waals surface area contributed by atoms with E-state index in [9.17, 15) is 4.79 Å². The van der Waals surface area contributed by atoms with Crippen molar-refractivity contribution in [1.82, 2.24) is 5.32 Å². The molecule has 1 aliphatic rings. The van der Waals surface area contributed by atoms with Crippen LogP contribution in [0, 0.1) is 5.92 Å². The fraction of sp³-hybridized carbons (Fsp3) is 0.500. The molecule has 1 aromatic rings. The molecule has 0 saturated carbocycles. The number of amides is 1. The monoisotopic (exact) mass is 283 g/mol. The molecule has 0 aromatic heterocycles. The molecular weight excluding hydrogens is 266 g/mol. The first-order valence-electron chi connectivity index (χ1n) is 6.53. The predicted octanol–water partition coefficient (Wildman–Crippen LogP) is 3.23. The van der Waals surface area contributed by atoms with Gasteiger partial charge in [-0.1, -0.05) is 38.3 Å². The average molecular weight is 284 g/mol. The molecular formula is C14H18ClNO3. The van der Waals surface area contributed by atoms with Crippen molar-refractivity contribution in [2.45, 2.75) is 26.7 Å². The van der Waals surface area contributed by atoms with Crippen LogP contribution in [0.3, 0.4) is 0 Å². The lowest BCUT2D eigenvalue weighted by atomic mass is 10.0. The number of carbonyl (C=O) groups excluding carboxylic acids is 1. The van der Waals surface area contributed by atoms with Crippen LogP contribution < -0.4 is 14.8 Å². The molecule has 2 rings (SSSR count). The van der Waals surface area contributed by atoms with E-state index in [4.69, 9.17) is 21.1 Å². The Labute approximate surface area is 118 Å². The van der Waals surface area contributed by atoms with Gasteiger partial charge in [0.1, 0.15) is 0 Å². The van der Waals surface area contributed by atoms with E-state index in [0.717, 1.165) is 12.8 Å². The van der Waals surface area contributed by atoms with Gasteiger partial charge in [-0.25, -0.2) is 0 Å². The third-order valence-electron chi connectivity index (χ3n) is 3.40. The molecule has 1 amide bonds. The van der Waals surface area contributed by atoms with Gasteiger partial charge in [-0.05, 0) is 18.1 Å². The highest BCUT2D eigenvalue weighted by molar-refractivity contribution is 6.32. The molecule has 5 heteroatoms. The molecule has 1 aliphatic heterocycles. The maximum absolute atomic E-state index is 12.1. The first-order valence-corrected chi connectivity index (χ1v) is 6.90. The lowest BCUT2D eigenvalue weighted by Gasteiger charge is -2.13. The highest BCUT2D eigenvalue weighted by Gasteiger charge is 2.20. The second-order valence-corrected chi connectivity index (χ2v) is 4.99. The molecule has 1 aromatic carbocycles. The van der Waals surface area contributed by atoms with E-state index >= 15 is 0 Å². The van der Waals surface area contributed by atoms with Gasteiger partial charge in [0.05, 0.1) is 5.02 Å². The van der Waals surface area contributed by atoms with Crippen molar-refractivity contribution < 1.29 is 14.3 Å². The molecule has 0 fully saturated rings. The van der Waals surface area contributed by atoms with Crippen LogP contribution in [-0.4, -0.2) is 19.2 Å². The fourth-order valence-corrected chi connectivity index (χ4v) is 2.28. The van der Waals surface area contributed by atoms with Crippen molar-refractivity contribution in [2.75, 3.05) is 13.3 Å². The molecule has 0 bridgehead atoms. The Morgan fingerprint density at radius 3 is 2.79 bits per heavy atom. The van der Waals surface area contributed by atoms with Crippen LogP contribution >= 0.6 is 11.6 Å². The van der Waals surface area contributed by atoms with E-state index < -0.39 is 0 Å². The van der Waals surface area contributed by atoms with Crippen LogP contribution in [0.2, 0.25) is 5.02 Å². The quantitative estimate of drug-likeness (QED) is 0.902. The van der Waals surface area contributed by atoms with Crippen molar-refractivity contribution in [2.24, 2.45) is 5.92 Å². The summed E-state index contributed by atoms with van der Waals surface area (Å²) in [6, 6.07) is 3.27. The lowest BCUT2D eigenvalue weighted by Crippen LogP contribution is -2.28. The zero-order chi connectivity index (χ0) is 13.8. The molecule has 104 valence electrons. The maximum atomic E-state index is 12.1. The van der Waals surface area contributed by atoms with Gasteiger partial charge in [0.25, 0.3) is 5.91 Å². The molecule has 4 nitrogen and oxygen atoms in total. The van der Waals surface area contributed by atoms with Crippen molar-refractivity contribution in [3.63, 3.8) is 0 Å². The summed E-state index contributed by atoms with van der Waals surface area (Å²) < 4.78 is 10.5. The Kier molecular flexibility index (Phi) is 4.53. The van der Waals surface area contributed by atoms with E-state index in [2.05, 4.69) is 19.2 Å². The topological polar surface area (TPSA) is 47.6 Å².